The molecule has 2 aromatic carbocycles. The lowest BCUT2D eigenvalue weighted by atomic mass is 10.1. The molecular weight excluding hydrogens is 275 g/mol. The third kappa shape index (κ3) is 3.22. The van der Waals surface area contributed by atoms with E-state index in [1.165, 1.54) is 24.3 Å². The zero-order chi connectivity index (χ0) is 15.4. The van der Waals surface area contributed by atoms with Gasteiger partial charge in [-0.05, 0) is 18.2 Å². The van der Waals surface area contributed by atoms with Crippen LogP contribution in [-0.2, 0) is 6.54 Å². The number of benzene rings is 2. The lowest BCUT2D eigenvalue weighted by Gasteiger charge is -2.19. The number of hydrogen-bond acceptors (Lipinski definition) is 4. The molecule has 108 valence electrons. The van der Waals surface area contributed by atoms with Crippen molar-refractivity contribution in [2.45, 2.75) is 6.54 Å². The molecule has 0 saturated heterocycles. The second-order valence-electron chi connectivity index (χ2n) is 4.57. The summed E-state index contributed by atoms with van der Waals surface area (Å²) in [6.07, 6.45) is 0.549. The maximum Gasteiger partial charge on any atom is 0.293 e. The molecule has 6 heteroatoms. The highest BCUT2D eigenvalue weighted by atomic mass is 19.1. The minimum absolute atomic E-state index is 0.182. The summed E-state index contributed by atoms with van der Waals surface area (Å²) in [7, 11) is 1.63. The molecule has 0 bridgehead atoms. The summed E-state index contributed by atoms with van der Waals surface area (Å²) in [5, 5.41) is 11.1. The van der Waals surface area contributed by atoms with Gasteiger partial charge in [0, 0.05) is 30.8 Å². The van der Waals surface area contributed by atoms with Crippen LogP contribution in [0.5, 0.6) is 0 Å². The van der Waals surface area contributed by atoms with Crippen molar-refractivity contribution >= 4 is 17.7 Å². The molecule has 0 aliphatic rings. The largest absolute Gasteiger partial charge is 0.365 e. The monoisotopic (exact) mass is 288 g/mol. The highest BCUT2D eigenvalue weighted by molar-refractivity contribution is 5.79. The first-order valence-corrected chi connectivity index (χ1v) is 6.21. The molecule has 0 saturated carbocycles. The van der Waals surface area contributed by atoms with E-state index in [9.17, 15) is 19.3 Å². The van der Waals surface area contributed by atoms with Crippen molar-refractivity contribution in [1.82, 2.24) is 0 Å². The van der Waals surface area contributed by atoms with Crippen LogP contribution in [0, 0.1) is 15.9 Å². The molecule has 21 heavy (non-hydrogen) atoms. The maximum absolute atomic E-state index is 13.6. The molecule has 0 heterocycles. The summed E-state index contributed by atoms with van der Waals surface area (Å²) in [6.45, 7) is 0.188. The molecule has 5 nitrogen and oxygen atoms in total. The minimum atomic E-state index is -0.555. The fraction of sp³-hybridized carbons (Fsp3) is 0.133. The van der Waals surface area contributed by atoms with Crippen LogP contribution in [0.15, 0.2) is 42.5 Å². The van der Waals surface area contributed by atoms with E-state index >= 15 is 0 Å². The molecule has 0 spiro atoms. The number of hydrogen-bond donors (Lipinski definition) is 0. The van der Waals surface area contributed by atoms with Crippen molar-refractivity contribution in [3.05, 3.63) is 69.5 Å². The Morgan fingerprint density at radius 3 is 2.62 bits per heavy atom. The van der Waals surface area contributed by atoms with Gasteiger partial charge in [-0.15, -0.1) is 0 Å². The van der Waals surface area contributed by atoms with Gasteiger partial charge < -0.3 is 4.90 Å². The number of carbonyl (C=O) groups is 1. The highest BCUT2D eigenvalue weighted by Gasteiger charge is 2.18. The van der Waals surface area contributed by atoms with Crippen molar-refractivity contribution in [2.24, 2.45) is 0 Å². The van der Waals surface area contributed by atoms with E-state index in [1.807, 2.05) is 0 Å². The van der Waals surface area contributed by atoms with Crippen LogP contribution >= 0.6 is 0 Å². The molecule has 0 amide bonds. The Morgan fingerprint density at radius 1 is 1.29 bits per heavy atom. The van der Waals surface area contributed by atoms with Gasteiger partial charge in [-0.2, -0.15) is 0 Å². The summed E-state index contributed by atoms with van der Waals surface area (Å²) in [5.41, 5.74) is 0.811. The van der Waals surface area contributed by atoms with E-state index < -0.39 is 4.92 Å². The molecular formula is C15H13FN2O3. The Labute approximate surface area is 120 Å². The van der Waals surface area contributed by atoms with Crippen LogP contribution < -0.4 is 4.90 Å². The first-order valence-electron chi connectivity index (χ1n) is 6.21. The average Bonchev–Trinajstić information content (AvgIpc) is 2.48. The van der Waals surface area contributed by atoms with Crippen molar-refractivity contribution in [3.63, 3.8) is 0 Å². The number of halogens is 1. The number of carbonyl (C=O) groups excluding carboxylic acids is 1. The van der Waals surface area contributed by atoms with Gasteiger partial charge in [-0.1, -0.05) is 18.2 Å². The predicted octanol–water partition coefficient (Wildman–Crippen LogP) is 3.18. The molecule has 0 N–H and O–H groups in total. The van der Waals surface area contributed by atoms with Crippen LogP contribution in [0.2, 0.25) is 0 Å². The molecule has 2 aromatic rings. The van der Waals surface area contributed by atoms with Gasteiger partial charge in [0.1, 0.15) is 17.8 Å². The second-order valence-corrected chi connectivity index (χ2v) is 4.57. The lowest BCUT2D eigenvalue weighted by Crippen LogP contribution is -2.18. The third-order valence-electron chi connectivity index (χ3n) is 3.11. The quantitative estimate of drug-likeness (QED) is 0.481. The Balaban J connectivity index is 2.35. The van der Waals surface area contributed by atoms with Crippen LogP contribution in [0.25, 0.3) is 0 Å². The fourth-order valence-electron chi connectivity index (χ4n) is 2.05. The van der Waals surface area contributed by atoms with Gasteiger partial charge in [0.2, 0.25) is 0 Å². The summed E-state index contributed by atoms with van der Waals surface area (Å²) >= 11 is 0. The summed E-state index contributed by atoms with van der Waals surface area (Å²) < 4.78 is 13.6. The molecule has 0 radical (unpaired) electrons. The van der Waals surface area contributed by atoms with Crippen LogP contribution in [-0.4, -0.2) is 18.3 Å². The Hall–Kier alpha value is -2.76. The molecule has 0 fully saturated rings. The van der Waals surface area contributed by atoms with Gasteiger partial charge >= 0.3 is 0 Å². The molecule has 2 rings (SSSR count). The van der Waals surface area contributed by atoms with Gasteiger partial charge in [-0.3, -0.25) is 14.9 Å². The second kappa shape index (κ2) is 6.13. The Bertz CT molecular complexity index is 688. The first-order chi connectivity index (χ1) is 10.0. The Morgan fingerprint density at radius 2 is 2.00 bits per heavy atom. The fourth-order valence-corrected chi connectivity index (χ4v) is 2.05. The molecule has 0 aliphatic carbocycles. The van der Waals surface area contributed by atoms with Crippen molar-refractivity contribution in [3.8, 4) is 0 Å². The third-order valence-corrected chi connectivity index (χ3v) is 3.11. The highest BCUT2D eigenvalue weighted by Crippen LogP contribution is 2.29. The number of nitrogens with zero attached hydrogens (tertiary/aromatic N) is 2. The van der Waals surface area contributed by atoms with Crippen LogP contribution in [0.4, 0.5) is 15.8 Å². The summed E-state index contributed by atoms with van der Waals surface area (Å²) in [6, 6.07) is 10.4. The zero-order valence-corrected chi connectivity index (χ0v) is 11.3. The normalized spacial score (nSPS) is 10.2. The first kappa shape index (κ1) is 14.6. The van der Waals surface area contributed by atoms with E-state index in [1.54, 1.807) is 30.1 Å². The SMILES string of the molecule is CN(Cc1ccccc1F)c1ccc(C=O)cc1[N+](=O)[O-]. The van der Waals surface area contributed by atoms with E-state index in [2.05, 4.69) is 0 Å². The minimum Gasteiger partial charge on any atom is -0.365 e. The van der Waals surface area contributed by atoms with Crippen molar-refractivity contribution in [1.29, 1.82) is 0 Å². The molecule has 0 aromatic heterocycles. The lowest BCUT2D eigenvalue weighted by molar-refractivity contribution is -0.384. The van der Waals surface area contributed by atoms with E-state index in [4.69, 9.17) is 0 Å². The topological polar surface area (TPSA) is 63.5 Å². The smallest absolute Gasteiger partial charge is 0.293 e. The number of aldehydes is 1. The number of rotatable bonds is 5. The molecule has 0 atom stereocenters. The number of nitro groups is 1. The Kier molecular flexibility index (Phi) is 4.27. The van der Waals surface area contributed by atoms with E-state index in [0.29, 0.717) is 17.5 Å². The zero-order valence-electron chi connectivity index (χ0n) is 11.3. The molecule has 0 unspecified atom stereocenters. The number of nitro benzene ring substituents is 1. The average molecular weight is 288 g/mol. The summed E-state index contributed by atoms with van der Waals surface area (Å²) in [5.74, 6) is -0.364. The standard InChI is InChI=1S/C15H13FN2O3/c1-17(9-12-4-2-3-5-13(12)16)14-7-6-11(10-19)8-15(14)18(20)21/h2-8,10H,9H2,1H3. The summed E-state index contributed by atoms with van der Waals surface area (Å²) in [4.78, 5) is 22.8. The molecule has 0 aliphatic heterocycles. The van der Waals surface area contributed by atoms with Crippen molar-refractivity contribution in [2.75, 3.05) is 11.9 Å². The van der Waals surface area contributed by atoms with Gasteiger partial charge in [0.05, 0.1) is 4.92 Å². The van der Waals surface area contributed by atoms with Crippen molar-refractivity contribution < 1.29 is 14.1 Å². The predicted molar refractivity (Wildman–Crippen MR) is 77.0 cm³/mol. The van der Waals surface area contributed by atoms with Gasteiger partial charge in [-0.25, -0.2) is 4.39 Å². The maximum atomic E-state index is 13.6. The van der Waals surface area contributed by atoms with Gasteiger partial charge in [0.25, 0.3) is 5.69 Å². The van der Waals surface area contributed by atoms with E-state index in [0.717, 1.165) is 0 Å². The van der Waals surface area contributed by atoms with Gasteiger partial charge in [0.15, 0.2) is 0 Å². The number of anilines is 1. The van der Waals surface area contributed by atoms with Crippen LogP contribution in [0.1, 0.15) is 15.9 Å². The van der Waals surface area contributed by atoms with Crippen LogP contribution in [0.3, 0.4) is 0 Å². The van der Waals surface area contributed by atoms with E-state index in [-0.39, 0.29) is 23.6 Å².